The molecule has 0 fully saturated rings. The van der Waals surface area contributed by atoms with Crippen LogP contribution in [0.15, 0.2) is 36.5 Å². The van der Waals surface area contributed by atoms with Crippen molar-refractivity contribution in [2.24, 2.45) is 0 Å². The quantitative estimate of drug-likeness (QED) is 0.545. The third-order valence-corrected chi connectivity index (χ3v) is 2.35. The zero-order valence-corrected chi connectivity index (χ0v) is 9.50. The van der Waals surface area contributed by atoms with Crippen LogP contribution in [0.4, 0.5) is 5.69 Å². The van der Waals surface area contributed by atoms with Gasteiger partial charge in [-0.25, -0.2) is 0 Å². The minimum atomic E-state index is -0.309. The summed E-state index contributed by atoms with van der Waals surface area (Å²) in [4.78, 5) is 11.8. The molecule has 0 aliphatic carbocycles. The number of carbonyl (C=O) groups is 1. The van der Waals surface area contributed by atoms with Crippen molar-refractivity contribution in [3.63, 3.8) is 0 Å². The van der Waals surface area contributed by atoms with Crippen LogP contribution in [0.2, 0.25) is 0 Å². The predicted octanol–water partition coefficient (Wildman–Crippen LogP) is 0.694. The van der Waals surface area contributed by atoms with E-state index in [9.17, 15) is 9.90 Å². The second-order valence-electron chi connectivity index (χ2n) is 3.67. The minimum Gasteiger partial charge on any atom is -0.506 e. The van der Waals surface area contributed by atoms with Crippen LogP contribution in [-0.2, 0) is 6.54 Å². The van der Waals surface area contributed by atoms with Gasteiger partial charge in [0.1, 0.15) is 5.75 Å². The molecule has 0 aliphatic heterocycles. The minimum absolute atomic E-state index is 0.109. The van der Waals surface area contributed by atoms with E-state index in [2.05, 4.69) is 15.5 Å². The number of rotatable bonds is 3. The average molecular weight is 244 g/mol. The van der Waals surface area contributed by atoms with Gasteiger partial charge in [0.05, 0.1) is 17.9 Å². The Labute approximate surface area is 103 Å². The van der Waals surface area contributed by atoms with Crippen LogP contribution in [-0.4, -0.2) is 21.2 Å². The van der Waals surface area contributed by atoms with Crippen molar-refractivity contribution in [1.82, 2.24) is 15.5 Å². The van der Waals surface area contributed by atoms with E-state index >= 15 is 0 Å². The highest BCUT2D eigenvalue weighted by atomic mass is 16.3. The molecule has 18 heavy (non-hydrogen) atoms. The molecule has 92 valence electrons. The van der Waals surface area contributed by atoms with Crippen LogP contribution in [0, 0.1) is 0 Å². The van der Waals surface area contributed by atoms with Crippen LogP contribution < -0.4 is 11.1 Å². The third kappa shape index (κ3) is 2.73. The van der Waals surface area contributed by atoms with Gasteiger partial charge in [0.15, 0.2) is 0 Å². The molecular weight excluding hydrogens is 232 g/mol. The summed E-state index contributed by atoms with van der Waals surface area (Å²) in [5.74, 6) is -0.418. The number of hydrogen-bond donors (Lipinski definition) is 3. The molecular formula is C12H12N4O2. The second-order valence-corrected chi connectivity index (χ2v) is 3.67. The molecule has 0 saturated heterocycles. The molecule has 0 saturated carbocycles. The fourth-order valence-corrected chi connectivity index (χ4v) is 1.39. The lowest BCUT2D eigenvalue weighted by molar-refractivity contribution is 0.0950. The average Bonchev–Trinajstić information content (AvgIpc) is 2.40. The number of aromatic nitrogens is 2. The summed E-state index contributed by atoms with van der Waals surface area (Å²) < 4.78 is 0. The maximum Gasteiger partial charge on any atom is 0.251 e. The molecule has 1 aromatic heterocycles. The normalized spacial score (nSPS) is 10.0. The number of carbonyl (C=O) groups excluding carboxylic acids is 1. The maximum absolute atomic E-state index is 11.8. The largest absolute Gasteiger partial charge is 0.506 e. The number of amides is 1. The maximum atomic E-state index is 11.8. The summed E-state index contributed by atoms with van der Waals surface area (Å²) in [6, 6.07) is 7.84. The van der Waals surface area contributed by atoms with Gasteiger partial charge in [0.2, 0.25) is 0 Å². The van der Waals surface area contributed by atoms with Gasteiger partial charge in [-0.05, 0) is 30.3 Å². The molecule has 6 heteroatoms. The molecule has 6 nitrogen and oxygen atoms in total. The number of anilines is 1. The van der Waals surface area contributed by atoms with Crippen LogP contribution in [0.25, 0.3) is 0 Å². The summed E-state index contributed by atoms with van der Waals surface area (Å²) in [7, 11) is 0. The molecule has 0 unspecified atom stereocenters. The molecule has 2 rings (SSSR count). The van der Waals surface area contributed by atoms with Crippen molar-refractivity contribution < 1.29 is 9.90 Å². The Bertz CT molecular complexity index is 557. The fraction of sp³-hybridized carbons (Fsp3) is 0.0833. The van der Waals surface area contributed by atoms with Crippen molar-refractivity contribution in [2.45, 2.75) is 6.54 Å². The zero-order valence-electron chi connectivity index (χ0n) is 9.50. The Balaban J connectivity index is 2.02. The number of benzene rings is 1. The molecule has 4 N–H and O–H groups in total. The SMILES string of the molecule is Nc1ccc(C(=O)NCc2cccnn2)cc1O. The molecule has 0 bridgehead atoms. The molecule has 1 amide bonds. The van der Waals surface area contributed by atoms with Gasteiger partial charge in [-0.2, -0.15) is 10.2 Å². The summed E-state index contributed by atoms with van der Waals surface area (Å²) >= 11 is 0. The number of nitrogens with two attached hydrogens (primary N) is 1. The van der Waals surface area contributed by atoms with E-state index in [-0.39, 0.29) is 23.9 Å². The fourth-order valence-electron chi connectivity index (χ4n) is 1.39. The molecule has 1 heterocycles. The third-order valence-electron chi connectivity index (χ3n) is 2.35. The second kappa shape index (κ2) is 5.13. The van der Waals surface area contributed by atoms with Crippen LogP contribution in [0.3, 0.4) is 0 Å². The van der Waals surface area contributed by atoms with Crippen LogP contribution >= 0.6 is 0 Å². The van der Waals surface area contributed by atoms with E-state index in [0.717, 1.165) is 0 Å². The Morgan fingerprint density at radius 2 is 2.22 bits per heavy atom. The molecule has 1 aromatic carbocycles. The summed E-state index contributed by atoms with van der Waals surface area (Å²) in [6.45, 7) is 0.276. The zero-order chi connectivity index (χ0) is 13.0. The monoisotopic (exact) mass is 244 g/mol. The van der Waals surface area contributed by atoms with Crippen molar-refractivity contribution in [3.05, 3.63) is 47.8 Å². The highest BCUT2D eigenvalue weighted by Crippen LogP contribution is 2.20. The number of aromatic hydroxyl groups is 1. The van der Waals surface area contributed by atoms with E-state index < -0.39 is 0 Å². The lowest BCUT2D eigenvalue weighted by atomic mass is 10.2. The smallest absolute Gasteiger partial charge is 0.251 e. The lowest BCUT2D eigenvalue weighted by Crippen LogP contribution is -2.23. The van der Waals surface area contributed by atoms with Crippen molar-refractivity contribution in [1.29, 1.82) is 0 Å². The highest BCUT2D eigenvalue weighted by molar-refractivity contribution is 5.95. The topological polar surface area (TPSA) is 101 Å². The van der Waals surface area contributed by atoms with Gasteiger partial charge >= 0.3 is 0 Å². The van der Waals surface area contributed by atoms with E-state index in [1.165, 1.54) is 12.1 Å². The summed E-state index contributed by atoms with van der Waals surface area (Å²) in [6.07, 6.45) is 1.56. The number of nitrogens with zero attached hydrogens (tertiary/aromatic N) is 2. The van der Waals surface area contributed by atoms with Gasteiger partial charge in [0.25, 0.3) is 5.91 Å². The number of phenols is 1. The summed E-state index contributed by atoms with van der Waals surface area (Å²) in [5.41, 5.74) is 6.69. The first kappa shape index (κ1) is 11.8. The molecule has 2 aromatic rings. The van der Waals surface area contributed by atoms with E-state index in [1.807, 2.05) is 0 Å². The standard InChI is InChI=1S/C12H12N4O2/c13-10-4-3-8(6-11(10)17)12(18)14-7-9-2-1-5-15-16-9/h1-6,17H,7,13H2,(H,14,18). The number of phenolic OH excluding ortho intramolecular Hbond substituents is 1. The lowest BCUT2D eigenvalue weighted by Gasteiger charge is -2.05. The van der Waals surface area contributed by atoms with Gasteiger partial charge in [-0.3, -0.25) is 4.79 Å². The molecule has 0 spiro atoms. The van der Waals surface area contributed by atoms with E-state index in [0.29, 0.717) is 11.3 Å². The van der Waals surface area contributed by atoms with Gasteiger partial charge in [-0.15, -0.1) is 0 Å². The number of nitrogens with one attached hydrogen (secondary N) is 1. The van der Waals surface area contributed by atoms with Gasteiger partial charge in [-0.1, -0.05) is 0 Å². The number of hydrogen-bond acceptors (Lipinski definition) is 5. The molecule has 0 atom stereocenters. The first-order chi connectivity index (χ1) is 8.66. The first-order valence-corrected chi connectivity index (χ1v) is 5.30. The van der Waals surface area contributed by atoms with Gasteiger partial charge in [0, 0.05) is 11.8 Å². The Morgan fingerprint density at radius 1 is 1.39 bits per heavy atom. The predicted molar refractivity (Wildman–Crippen MR) is 65.7 cm³/mol. The van der Waals surface area contributed by atoms with Crippen molar-refractivity contribution in [3.8, 4) is 5.75 Å². The van der Waals surface area contributed by atoms with Gasteiger partial charge < -0.3 is 16.2 Å². The van der Waals surface area contributed by atoms with E-state index in [4.69, 9.17) is 5.73 Å². The Hall–Kier alpha value is -2.63. The Morgan fingerprint density at radius 3 is 2.89 bits per heavy atom. The molecule has 0 aliphatic rings. The summed E-state index contributed by atoms with van der Waals surface area (Å²) in [5, 5.41) is 19.6. The highest BCUT2D eigenvalue weighted by Gasteiger charge is 2.07. The van der Waals surface area contributed by atoms with Crippen LogP contribution in [0.5, 0.6) is 5.75 Å². The molecule has 0 radical (unpaired) electrons. The first-order valence-electron chi connectivity index (χ1n) is 5.30. The Kier molecular flexibility index (Phi) is 3.38. The van der Waals surface area contributed by atoms with Crippen molar-refractivity contribution in [2.75, 3.05) is 5.73 Å². The number of nitrogen functional groups attached to an aromatic ring is 1. The van der Waals surface area contributed by atoms with Crippen molar-refractivity contribution >= 4 is 11.6 Å². The van der Waals surface area contributed by atoms with E-state index in [1.54, 1.807) is 24.4 Å². The van der Waals surface area contributed by atoms with Crippen LogP contribution in [0.1, 0.15) is 16.1 Å².